The van der Waals surface area contributed by atoms with Crippen LogP contribution in [0.1, 0.15) is 23.6 Å². The van der Waals surface area contributed by atoms with Crippen LogP contribution in [-0.2, 0) is 0 Å². The number of hydrogen-bond donors (Lipinski definition) is 1. The van der Waals surface area contributed by atoms with Crippen molar-refractivity contribution in [2.75, 3.05) is 18.5 Å². The summed E-state index contributed by atoms with van der Waals surface area (Å²) < 4.78 is 0. The van der Waals surface area contributed by atoms with Crippen LogP contribution < -0.4 is 15.5 Å². The maximum atomic E-state index is 10.4. The van der Waals surface area contributed by atoms with Gasteiger partial charge in [0.05, 0.1) is 0 Å². The van der Waals surface area contributed by atoms with E-state index in [1.807, 2.05) is 13.0 Å². The van der Waals surface area contributed by atoms with Crippen molar-refractivity contribution >= 4 is 24.9 Å². The third-order valence-corrected chi connectivity index (χ3v) is 5.39. The highest BCUT2D eigenvalue weighted by Gasteiger charge is 2.13. The molecule has 1 N–H and O–H groups in total. The molecule has 0 heterocycles. The van der Waals surface area contributed by atoms with Gasteiger partial charge >= 0.3 is 0 Å². The zero-order valence-corrected chi connectivity index (χ0v) is 14.5. The number of nitrogens with zero attached hydrogens (tertiary/aromatic N) is 1. The summed E-state index contributed by atoms with van der Waals surface area (Å²) in [6, 6.07) is 10.5. The highest BCUT2D eigenvalue weighted by molar-refractivity contribution is 7.56. The lowest BCUT2D eigenvalue weighted by molar-refractivity contribution is 0.475. The second kappa shape index (κ2) is 6.49. The minimum atomic E-state index is 0.437. The standard InChI is InChI=1S/C18H24NOP/c1-6-19(5)15-9-7-8-13(3)18(15)21-16-11-12(2)10-14(4)17(16)20/h7-11,20-21H,6H2,1-5H3. The first-order valence-corrected chi connectivity index (χ1v) is 8.32. The summed E-state index contributed by atoms with van der Waals surface area (Å²) in [7, 11) is 2.59. The van der Waals surface area contributed by atoms with E-state index in [-0.39, 0.29) is 0 Å². The van der Waals surface area contributed by atoms with Gasteiger partial charge in [-0.1, -0.05) is 26.8 Å². The molecule has 2 nitrogen and oxygen atoms in total. The number of phenolic OH excluding ortho intramolecular Hbond substituents is 1. The van der Waals surface area contributed by atoms with Crippen LogP contribution >= 0.6 is 8.58 Å². The number of aryl methyl sites for hydroxylation is 3. The largest absolute Gasteiger partial charge is 0.507 e. The fourth-order valence-electron chi connectivity index (χ4n) is 2.49. The van der Waals surface area contributed by atoms with Gasteiger partial charge in [-0.2, -0.15) is 0 Å². The number of aromatic hydroxyl groups is 1. The van der Waals surface area contributed by atoms with E-state index in [1.165, 1.54) is 22.1 Å². The van der Waals surface area contributed by atoms with Crippen molar-refractivity contribution in [2.24, 2.45) is 0 Å². The van der Waals surface area contributed by atoms with Crippen LogP contribution in [0, 0.1) is 20.8 Å². The maximum absolute atomic E-state index is 10.4. The number of benzene rings is 2. The lowest BCUT2D eigenvalue weighted by Gasteiger charge is -2.22. The summed E-state index contributed by atoms with van der Waals surface area (Å²) in [5.74, 6) is 0.437. The van der Waals surface area contributed by atoms with E-state index in [0.717, 1.165) is 17.4 Å². The third-order valence-electron chi connectivity index (χ3n) is 3.84. The molecule has 1 atom stereocenters. The van der Waals surface area contributed by atoms with E-state index in [0.29, 0.717) is 14.3 Å². The first-order chi connectivity index (χ1) is 9.93. The average molecular weight is 301 g/mol. The molecule has 0 aliphatic rings. The SMILES string of the molecule is CCN(C)c1cccc(C)c1Pc1cc(C)cc(C)c1O. The summed E-state index contributed by atoms with van der Waals surface area (Å²) in [6.45, 7) is 9.32. The maximum Gasteiger partial charge on any atom is 0.126 e. The summed E-state index contributed by atoms with van der Waals surface area (Å²) in [4.78, 5) is 2.26. The van der Waals surface area contributed by atoms with Crippen molar-refractivity contribution in [1.82, 2.24) is 0 Å². The highest BCUT2D eigenvalue weighted by Crippen LogP contribution is 2.28. The van der Waals surface area contributed by atoms with E-state index < -0.39 is 0 Å². The molecule has 1 unspecified atom stereocenters. The normalized spacial score (nSPS) is 11.3. The molecular formula is C18H24NOP. The van der Waals surface area contributed by atoms with E-state index >= 15 is 0 Å². The Bertz CT molecular complexity index is 652. The predicted octanol–water partition coefficient (Wildman–Crippen LogP) is 3.40. The molecule has 0 saturated heterocycles. The van der Waals surface area contributed by atoms with E-state index in [2.05, 4.69) is 57.0 Å². The van der Waals surface area contributed by atoms with Crippen LogP contribution in [-0.4, -0.2) is 18.7 Å². The molecule has 0 saturated carbocycles. The Morgan fingerprint density at radius 2 is 1.81 bits per heavy atom. The second-order valence-corrected chi connectivity index (χ2v) is 6.87. The molecule has 0 amide bonds. The monoisotopic (exact) mass is 301 g/mol. The smallest absolute Gasteiger partial charge is 0.126 e. The molecule has 0 aliphatic carbocycles. The summed E-state index contributed by atoms with van der Waals surface area (Å²) >= 11 is 0. The van der Waals surface area contributed by atoms with Gasteiger partial charge in [0.1, 0.15) is 5.75 Å². The topological polar surface area (TPSA) is 23.5 Å². The van der Waals surface area contributed by atoms with Crippen molar-refractivity contribution in [3.63, 3.8) is 0 Å². The van der Waals surface area contributed by atoms with Crippen molar-refractivity contribution < 1.29 is 5.11 Å². The van der Waals surface area contributed by atoms with Crippen LogP contribution in [0.3, 0.4) is 0 Å². The van der Waals surface area contributed by atoms with Gasteiger partial charge in [-0.25, -0.2) is 0 Å². The first kappa shape index (κ1) is 15.9. The van der Waals surface area contributed by atoms with E-state index in [1.54, 1.807) is 0 Å². The van der Waals surface area contributed by atoms with Crippen molar-refractivity contribution in [3.8, 4) is 5.75 Å². The van der Waals surface area contributed by atoms with E-state index in [4.69, 9.17) is 0 Å². The van der Waals surface area contributed by atoms with Gasteiger partial charge in [0, 0.05) is 29.9 Å². The lowest BCUT2D eigenvalue weighted by atomic mass is 10.1. The zero-order valence-electron chi connectivity index (χ0n) is 13.5. The van der Waals surface area contributed by atoms with Crippen LogP contribution in [0.25, 0.3) is 0 Å². The van der Waals surface area contributed by atoms with Gasteiger partial charge in [0.2, 0.25) is 0 Å². The molecule has 112 valence electrons. The van der Waals surface area contributed by atoms with Crippen molar-refractivity contribution in [1.29, 1.82) is 0 Å². The van der Waals surface area contributed by atoms with E-state index in [9.17, 15) is 5.11 Å². The van der Waals surface area contributed by atoms with Crippen LogP contribution in [0.15, 0.2) is 30.3 Å². The number of anilines is 1. The molecule has 2 aromatic carbocycles. The van der Waals surface area contributed by atoms with Crippen molar-refractivity contribution in [3.05, 3.63) is 47.0 Å². The molecule has 0 aliphatic heterocycles. The van der Waals surface area contributed by atoms with Gasteiger partial charge < -0.3 is 10.0 Å². The van der Waals surface area contributed by atoms with Gasteiger partial charge in [-0.3, -0.25) is 0 Å². The molecule has 2 rings (SSSR count). The third kappa shape index (κ3) is 3.39. The Labute approximate surface area is 129 Å². The minimum absolute atomic E-state index is 0.437. The molecule has 0 bridgehead atoms. The van der Waals surface area contributed by atoms with Gasteiger partial charge in [0.15, 0.2) is 0 Å². The van der Waals surface area contributed by atoms with Gasteiger partial charge in [-0.15, -0.1) is 0 Å². The van der Waals surface area contributed by atoms with Crippen LogP contribution in [0.5, 0.6) is 5.75 Å². The quantitative estimate of drug-likeness (QED) is 0.875. The lowest BCUT2D eigenvalue weighted by Crippen LogP contribution is -2.23. The Morgan fingerprint density at radius 3 is 2.48 bits per heavy atom. The molecule has 3 heteroatoms. The van der Waals surface area contributed by atoms with Crippen molar-refractivity contribution in [2.45, 2.75) is 27.7 Å². The second-order valence-electron chi connectivity index (χ2n) is 5.59. The molecule has 0 spiro atoms. The molecule has 0 radical (unpaired) electrons. The molecular weight excluding hydrogens is 277 g/mol. The van der Waals surface area contributed by atoms with Crippen LogP contribution in [0.4, 0.5) is 5.69 Å². The minimum Gasteiger partial charge on any atom is -0.507 e. The number of rotatable bonds is 4. The molecule has 21 heavy (non-hydrogen) atoms. The summed E-state index contributed by atoms with van der Waals surface area (Å²) in [5.41, 5.74) is 4.70. The fraction of sp³-hybridized carbons (Fsp3) is 0.333. The zero-order chi connectivity index (χ0) is 15.6. The Kier molecular flexibility index (Phi) is 4.90. The molecule has 0 fully saturated rings. The number of hydrogen-bond acceptors (Lipinski definition) is 2. The van der Waals surface area contributed by atoms with Gasteiger partial charge in [-0.05, 0) is 56.5 Å². The predicted molar refractivity (Wildman–Crippen MR) is 95.3 cm³/mol. The van der Waals surface area contributed by atoms with Crippen LogP contribution in [0.2, 0.25) is 0 Å². The Hall–Kier alpha value is -1.53. The summed E-state index contributed by atoms with van der Waals surface area (Å²) in [6.07, 6.45) is 0. The molecule has 2 aromatic rings. The first-order valence-electron chi connectivity index (χ1n) is 7.32. The average Bonchev–Trinajstić information content (AvgIpc) is 2.45. The highest BCUT2D eigenvalue weighted by atomic mass is 31.1. The van der Waals surface area contributed by atoms with Gasteiger partial charge in [0.25, 0.3) is 0 Å². The Morgan fingerprint density at radius 1 is 1.10 bits per heavy atom. The number of phenols is 1. The molecule has 0 aromatic heterocycles. The summed E-state index contributed by atoms with van der Waals surface area (Å²) in [5, 5.41) is 12.7. The Balaban J connectivity index is 2.49. The fourth-order valence-corrected chi connectivity index (χ4v) is 4.06.